The van der Waals surface area contributed by atoms with Gasteiger partial charge in [-0.3, -0.25) is 0 Å². The minimum absolute atomic E-state index is 0.398. The Hall–Kier alpha value is -4.85. The van der Waals surface area contributed by atoms with Crippen molar-refractivity contribution in [2.24, 2.45) is 0 Å². The topological polar surface area (TPSA) is 90.4 Å². The summed E-state index contributed by atoms with van der Waals surface area (Å²) in [5, 5.41) is 7.33. The second kappa shape index (κ2) is 9.96. The van der Waals surface area contributed by atoms with Gasteiger partial charge in [0.25, 0.3) is 0 Å². The van der Waals surface area contributed by atoms with Gasteiger partial charge in [-0.15, -0.1) is 0 Å². The van der Waals surface area contributed by atoms with Crippen molar-refractivity contribution >= 4 is 34.2 Å². The van der Waals surface area contributed by atoms with Crippen molar-refractivity contribution in [1.29, 1.82) is 0 Å². The summed E-state index contributed by atoms with van der Waals surface area (Å²) in [4.78, 5) is 13.7. The van der Waals surface area contributed by atoms with Crippen molar-refractivity contribution in [3.05, 3.63) is 91.1 Å². The van der Waals surface area contributed by atoms with Gasteiger partial charge in [0.2, 0.25) is 5.95 Å². The lowest BCUT2D eigenvalue weighted by Gasteiger charge is -2.14. The molecule has 0 bridgehead atoms. The van der Waals surface area contributed by atoms with E-state index in [-0.39, 0.29) is 0 Å². The summed E-state index contributed by atoms with van der Waals surface area (Å²) in [5.41, 5.74) is 1.52. The third-order valence-electron chi connectivity index (χ3n) is 5.20. The molecule has 3 aromatic carbocycles. The number of ether oxygens (including phenoxy) is 3. The SMILES string of the molecule is COc1cc2nc(Nc3ccccn3)nc(Nc3ccc(Oc4ccccc4)cc3)c2cc1OC. The largest absolute Gasteiger partial charge is 0.493 e. The summed E-state index contributed by atoms with van der Waals surface area (Å²) in [6.07, 6.45) is 1.70. The highest BCUT2D eigenvalue weighted by molar-refractivity contribution is 5.94. The zero-order valence-corrected chi connectivity index (χ0v) is 19.2. The monoisotopic (exact) mass is 465 g/mol. The van der Waals surface area contributed by atoms with Gasteiger partial charge in [0.15, 0.2) is 11.5 Å². The maximum absolute atomic E-state index is 5.89. The zero-order valence-electron chi connectivity index (χ0n) is 19.2. The van der Waals surface area contributed by atoms with E-state index in [4.69, 9.17) is 19.2 Å². The van der Waals surface area contributed by atoms with Gasteiger partial charge in [-0.05, 0) is 54.6 Å². The van der Waals surface area contributed by atoms with Crippen molar-refractivity contribution < 1.29 is 14.2 Å². The van der Waals surface area contributed by atoms with Gasteiger partial charge in [0.05, 0.1) is 19.7 Å². The van der Waals surface area contributed by atoms with E-state index in [9.17, 15) is 0 Å². The molecule has 0 fully saturated rings. The number of hydrogen-bond acceptors (Lipinski definition) is 8. The lowest BCUT2D eigenvalue weighted by molar-refractivity contribution is 0.356. The number of rotatable bonds is 8. The molecule has 5 rings (SSSR count). The molecule has 0 saturated carbocycles. The van der Waals surface area contributed by atoms with Gasteiger partial charge in [-0.25, -0.2) is 9.97 Å². The molecule has 8 nitrogen and oxygen atoms in total. The van der Waals surface area contributed by atoms with E-state index < -0.39 is 0 Å². The summed E-state index contributed by atoms with van der Waals surface area (Å²) in [6, 6.07) is 26.6. The van der Waals surface area contributed by atoms with Crippen LogP contribution < -0.4 is 24.8 Å². The maximum atomic E-state index is 5.89. The van der Waals surface area contributed by atoms with E-state index in [2.05, 4.69) is 20.6 Å². The molecule has 0 aliphatic rings. The normalized spacial score (nSPS) is 10.6. The lowest BCUT2D eigenvalue weighted by atomic mass is 10.2. The Kier molecular flexibility index (Phi) is 6.25. The van der Waals surface area contributed by atoms with E-state index in [1.165, 1.54) is 0 Å². The number of para-hydroxylation sites is 1. The first-order valence-corrected chi connectivity index (χ1v) is 10.9. The van der Waals surface area contributed by atoms with Crippen LogP contribution in [-0.4, -0.2) is 29.2 Å². The second-order valence-electron chi connectivity index (χ2n) is 7.52. The smallest absolute Gasteiger partial charge is 0.230 e. The molecule has 0 aliphatic carbocycles. The van der Waals surface area contributed by atoms with Crippen LogP contribution in [0.1, 0.15) is 0 Å². The van der Waals surface area contributed by atoms with Gasteiger partial charge in [0.1, 0.15) is 23.1 Å². The van der Waals surface area contributed by atoms with Gasteiger partial charge >= 0.3 is 0 Å². The lowest BCUT2D eigenvalue weighted by Crippen LogP contribution is -2.04. The third kappa shape index (κ3) is 5.06. The third-order valence-corrected chi connectivity index (χ3v) is 5.20. The number of pyridine rings is 1. The molecule has 0 amide bonds. The predicted molar refractivity (Wildman–Crippen MR) is 136 cm³/mol. The van der Waals surface area contributed by atoms with Crippen LogP contribution >= 0.6 is 0 Å². The molecule has 5 aromatic rings. The Balaban J connectivity index is 1.49. The van der Waals surface area contributed by atoms with E-state index in [0.29, 0.717) is 34.6 Å². The van der Waals surface area contributed by atoms with E-state index in [0.717, 1.165) is 22.6 Å². The predicted octanol–water partition coefficient (Wildman–Crippen LogP) is 6.32. The molecule has 0 aliphatic heterocycles. The molecule has 2 heterocycles. The first-order chi connectivity index (χ1) is 17.2. The van der Waals surface area contributed by atoms with Gasteiger partial charge in [-0.1, -0.05) is 24.3 Å². The van der Waals surface area contributed by atoms with Gasteiger partial charge in [-0.2, -0.15) is 4.98 Å². The first-order valence-electron chi connectivity index (χ1n) is 10.9. The van der Waals surface area contributed by atoms with Crippen LogP contribution in [0.2, 0.25) is 0 Å². The Morgan fingerprint density at radius 2 is 1.40 bits per heavy atom. The Labute approximate surface area is 202 Å². The second-order valence-corrected chi connectivity index (χ2v) is 7.52. The van der Waals surface area contributed by atoms with Crippen molar-refractivity contribution in [3.8, 4) is 23.0 Å². The van der Waals surface area contributed by atoms with E-state index >= 15 is 0 Å². The van der Waals surface area contributed by atoms with Crippen molar-refractivity contribution in [3.63, 3.8) is 0 Å². The van der Waals surface area contributed by atoms with Crippen LogP contribution in [0.5, 0.6) is 23.0 Å². The average molecular weight is 466 g/mol. The fourth-order valence-corrected chi connectivity index (χ4v) is 3.53. The fourth-order valence-electron chi connectivity index (χ4n) is 3.53. The molecule has 2 aromatic heterocycles. The number of methoxy groups -OCH3 is 2. The minimum atomic E-state index is 0.398. The molecule has 0 radical (unpaired) electrons. The Bertz CT molecular complexity index is 1430. The fraction of sp³-hybridized carbons (Fsp3) is 0.0741. The van der Waals surface area contributed by atoms with E-state index in [1.54, 1.807) is 20.4 Å². The number of benzene rings is 3. The molecule has 174 valence electrons. The highest BCUT2D eigenvalue weighted by atomic mass is 16.5. The Morgan fingerprint density at radius 3 is 2.11 bits per heavy atom. The average Bonchev–Trinajstić information content (AvgIpc) is 2.90. The molecule has 35 heavy (non-hydrogen) atoms. The molecule has 0 atom stereocenters. The van der Waals surface area contributed by atoms with Crippen molar-refractivity contribution in [2.75, 3.05) is 24.9 Å². The first kappa shape index (κ1) is 22.0. The number of nitrogens with zero attached hydrogens (tertiary/aromatic N) is 3. The van der Waals surface area contributed by atoms with Crippen LogP contribution in [0.25, 0.3) is 10.9 Å². The van der Waals surface area contributed by atoms with Gasteiger partial charge < -0.3 is 24.8 Å². The molecule has 0 unspecified atom stereocenters. The van der Waals surface area contributed by atoms with Crippen molar-refractivity contribution in [2.45, 2.75) is 0 Å². The standard InChI is InChI=1S/C27H23N5O3/c1-33-23-16-21-22(17-24(23)34-2)30-27(31-25-10-6-7-15-28-25)32-26(21)29-18-11-13-20(14-12-18)35-19-8-4-3-5-9-19/h3-17H,1-2H3,(H2,28,29,30,31,32). The summed E-state index contributed by atoms with van der Waals surface area (Å²) in [7, 11) is 3.19. The van der Waals surface area contributed by atoms with Crippen LogP contribution in [0, 0.1) is 0 Å². The van der Waals surface area contributed by atoms with Gasteiger partial charge in [0, 0.05) is 23.3 Å². The van der Waals surface area contributed by atoms with Crippen LogP contribution in [0.4, 0.5) is 23.3 Å². The van der Waals surface area contributed by atoms with Crippen LogP contribution in [0.15, 0.2) is 91.1 Å². The summed E-state index contributed by atoms with van der Waals surface area (Å²) >= 11 is 0. The molecule has 2 N–H and O–H groups in total. The number of fused-ring (bicyclic) bond motifs is 1. The van der Waals surface area contributed by atoms with Crippen LogP contribution in [-0.2, 0) is 0 Å². The number of hydrogen-bond donors (Lipinski definition) is 2. The van der Waals surface area contributed by atoms with E-state index in [1.807, 2.05) is 84.9 Å². The molecular weight excluding hydrogens is 442 g/mol. The summed E-state index contributed by atoms with van der Waals surface area (Å²) in [5.74, 6) is 4.32. The highest BCUT2D eigenvalue weighted by Gasteiger charge is 2.14. The molecule has 0 saturated heterocycles. The van der Waals surface area contributed by atoms with Crippen LogP contribution in [0.3, 0.4) is 0 Å². The number of anilines is 4. The molecule has 8 heteroatoms. The molecular formula is C27H23N5O3. The Morgan fingerprint density at radius 1 is 0.686 bits per heavy atom. The maximum Gasteiger partial charge on any atom is 0.230 e. The zero-order chi connectivity index (χ0) is 24.0. The summed E-state index contributed by atoms with van der Waals surface area (Å²) < 4.78 is 16.9. The van der Waals surface area contributed by atoms with Crippen molar-refractivity contribution in [1.82, 2.24) is 15.0 Å². The summed E-state index contributed by atoms with van der Waals surface area (Å²) in [6.45, 7) is 0. The number of aromatic nitrogens is 3. The number of nitrogens with one attached hydrogen (secondary N) is 2. The minimum Gasteiger partial charge on any atom is -0.493 e. The quantitative estimate of drug-likeness (QED) is 0.275. The highest BCUT2D eigenvalue weighted by Crippen LogP contribution is 2.36. The molecule has 0 spiro atoms.